The van der Waals surface area contributed by atoms with E-state index in [1.54, 1.807) is 14.2 Å². The molecular weight excluding hydrogens is 368 g/mol. The number of para-hydroxylation sites is 4. The van der Waals surface area contributed by atoms with Crippen LogP contribution in [0.3, 0.4) is 0 Å². The lowest BCUT2D eigenvalue weighted by molar-refractivity contribution is 0.244. The lowest BCUT2D eigenvalue weighted by Gasteiger charge is -2.36. The van der Waals surface area contributed by atoms with E-state index in [0.717, 1.165) is 50.6 Å². The van der Waals surface area contributed by atoms with Gasteiger partial charge >= 0.3 is 6.03 Å². The quantitative estimate of drug-likeness (QED) is 0.669. The Morgan fingerprint density at radius 2 is 1.59 bits per heavy atom. The first-order chi connectivity index (χ1) is 14.2. The Morgan fingerprint density at radius 3 is 2.31 bits per heavy atom. The van der Waals surface area contributed by atoms with Gasteiger partial charge in [-0.2, -0.15) is 0 Å². The Bertz CT molecular complexity index is 791. The number of methoxy groups -OCH3 is 2. The van der Waals surface area contributed by atoms with Crippen LogP contribution >= 0.6 is 0 Å². The highest BCUT2D eigenvalue weighted by Crippen LogP contribution is 2.28. The summed E-state index contributed by atoms with van der Waals surface area (Å²) in [6.07, 6.45) is 0.911. The third-order valence-corrected chi connectivity index (χ3v) is 5.09. The molecule has 2 aromatic rings. The second kappa shape index (κ2) is 10.6. The Kier molecular flexibility index (Phi) is 7.58. The standard InChI is InChI=1S/C22H30N4O3/c1-28-20-10-5-3-8-18(20)24-22(27)23-12-7-13-25-14-16-26(17-15-25)19-9-4-6-11-21(19)29-2/h3-6,8-11H,7,12-17H2,1-2H3,(H2,23,24,27). The van der Waals surface area contributed by atoms with Gasteiger partial charge in [0.2, 0.25) is 0 Å². The molecule has 0 atom stereocenters. The highest BCUT2D eigenvalue weighted by Gasteiger charge is 2.19. The summed E-state index contributed by atoms with van der Waals surface area (Å²) in [6, 6.07) is 15.3. The van der Waals surface area contributed by atoms with Crippen LogP contribution in [0.2, 0.25) is 0 Å². The number of nitrogens with one attached hydrogen (secondary N) is 2. The van der Waals surface area contributed by atoms with Gasteiger partial charge in [0, 0.05) is 32.7 Å². The molecule has 29 heavy (non-hydrogen) atoms. The molecule has 2 N–H and O–H groups in total. The number of nitrogens with zero attached hydrogens (tertiary/aromatic N) is 2. The highest BCUT2D eigenvalue weighted by molar-refractivity contribution is 5.90. The Hall–Kier alpha value is -2.93. The normalized spacial score (nSPS) is 14.3. The van der Waals surface area contributed by atoms with E-state index in [2.05, 4.69) is 26.5 Å². The minimum atomic E-state index is -0.213. The van der Waals surface area contributed by atoms with Gasteiger partial charge in [0.15, 0.2) is 0 Å². The van der Waals surface area contributed by atoms with Crippen LogP contribution in [0.25, 0.3) is 0 Å². The Balaban J connectivity index is 1.35. The molecule has 1 aliphatic rings. The van der Waals surface area contributed by atoms with Crippen molar-refractivity contribution in [1.29, 1.82) is 0 Å². The van der Waals surface area contributed by atoms with Crippen molar-refractivity contribution in [1.82, 2.24) is 10.2 Å². The number of piperazine rings is 1. The van der Waals surface area contributed by atoms with Crippen molar-refractivity contribution in [3.05, 3.63) is 48.5 Å². The van der Waals surface area contributed by atoms with Crippen molar-refractivity contribution in [3.63, 3.8) is 0 Å². The van der Waals surface area contributed by atoms with E-state index in [1.165, 1.54) is 0 Å². The number of benzene rings is 2. The molecule has 1 aliphatic heterocycles. The average Bonchev–Trinajstić information content (AvgIpc) is 2.77. The number of carbonyl (C=O) groups is 1. The molecule has 3 rings (SSSR count). The molecule has 0 unspecified atom stereocenters. The maximum atomic E-state index is 12.1. The second-order valence-corrected chi connectivity index (χ2v) is 6.94. The fourth-order valence-corrected chi connectivity index (χ4v) is 3.52. The SMILES string of the molecule is COc1ccccc1NC(=O)NCCCN1CCN(c2ccccc2OC)CC1. The number of rotatable bonds is 8. The Labute approximate surface area is 172 Å². The number of amides is 2. The molecule has 0 saturated carbocycles. The molecule has 1 saturated heterocycles. The largest absolute Gasteiger partial charge is 0.495 e. The molecule has 0 spiro atoms. The van der Waals surface area contributed by atoms with Crippen molar-refractivity contribution >= 4 is 17.4 Å². The number of ether oxygens (including phenoxy) is 2. The monoisotopic (exact) mass is 398 g/mol. The van der Waals surface area contributed by atoms with Crippen molar-refractivity contribution < 1.29 is 14.3 Å². The van der Waals surface area contributed by atoms with Gasteiger partial charge in [-0.1, -0.05) is 24.3 Å². The van der Waals surface area contributed by atoms with Gasteiger partial charge in [-0.25, -0.2) is 4.79 Å². The number of urea groups is 1. The zero-order chi connectivity index (χ0) is 20.5. The maximum absolute atomic E-state index is 12.1. The third kappa shape index (κ3) is 5.77. The molecule has 7 heteroatoms. The van der Waals surface area contributed by atoms with E-state index in [0.29, 0.717) is 18.0 Å². The summed E-state index contributed by atoms with van der Waals surface area (Å²) in [5.74, 6) is 1.57. The number of hydrogen-bond acceptors (Lipinski definition) is 5. The molecule has 2 aromatic carbocycles. The summed E-state index contributed by atoms with van der Waals surface area (Å²) in [7, 11) is 3.30. The van der Waals surface area contributed by atoms with Crippen molar-refractivity contribution in [3.8, 4) is 11.5 Å². The van der Waals surface area contributed by atoms with Gasteiger partial charge in [-0.05, 0) is 37.2 Å². The number of carbonyl (C=O) groups excluding carboxylic acids is 1. The molecule has 0 bridgehead atoms. The molecular formula is C22H30N4O3. The molecule has 0 radical (unpaired) electrons. The molecule has 7 nitrogen and oxygen atoms in total. The lowest BCUT2D eigenvalue weighted by Crippen LogP contribution is -2.47. The highest BCUT2D eigenvalue weighted by atomic mass is 16.5. The average molecular weight is 399 g/mol. The van der Waals surface area contributed by atoms with Crippen LogP contribution in [0, 0.1) is 0 Å². The summed E-state index contributed by atoms with van der Waals surface area (Å²) in [5.41, 5.74) is 1.82. The van der Waals surface area contributed by atoms with Crippen LogP contribution in [0.4, 0.5) is 16.2 Å². The summed E-state index contributed by atoms with van der Waals surface area (Å²) >= 11 is 0. The van der Waals surface area contributed by atoms with E-state index in [4.69, 9.17) is 9.47 Å². The Morgan fingerprint density at radius 1 is 0.931 bits per heavy atom. The van der Waals surface area contributed by atoms with Crippen LogP contribution in [0.1, 0.15) is 6.42 Å². The fourth-order valence-electron chi connectivity index (χ4n) is 3.52. The van der Waals surface area contributed by atoms with E-state index in [1.807, 2.05) is 42.5 Å². The first-order valence-corrected chi connectivity index (χ1v) is 9.99. The van der Waals surface area contributed by atoms with Gasteiger partial charge in [0.05, 0.1) is 25.6 Å². The lowest BCUT2D eigenvalue weighted by atomic mass is 10.2. The van der Waals surface area contributed by atoms with Gasteiger partial charge in [0.1, 0.15) is 11.5 Å². The summed E-state index contributed by atoms with van der Waals surface area (Å²) in [6.45, 7) is 5.56. The molecule has 0 aliphatic carbocycles. The minimum Gasteiger partial charge on any atom is -0.495 e. The van der Waals surface area contributed by atoms with E-state index >= 15 is 0 Å². The van der Waals surface area contributed by atoms with Gasteiger partial charge in [-0.3, -0.25) is 4.90 Å². The predicted octanol–water partition coefficient (Wildman–Crippen LogP) is 3.04. The molecule has 2 amide bonds. The summed E-state index contributed by atoms with van der Waals surface area (Å²) in [5, 5.41) is 5.74. The van der Waals surface area contributed by atoms with E-state index in [9.17, 15) is 4.79 Å². The van der Waals surface area contributed by atoms with Crippen LogP contribution in [0.5, 0.6) is 11.5 Å². The fraction of sp³-hybridized carbons (Fsp3) is 0.409. The smallest absolute Gasteiger partial charge is 0.319 e. The minimum absolute atomic E-state index is 0.213. The zero-order valence-corrected chi connectivity index (χ0v) is 17.2. The molecule has 156 valence electrons. The van der Waals surface area contributed by atoms with E-state index in [-0.39, 0.29) is 6.03 Å². The summed E-state index contributed by atoms with van der Waals surface area (Å²) in [4.78, 5) is 16.9. The predicted molar refractivity (Wildman–Crippen MR) is 116 cm³/mol. The van der Waals surface area contributed by atoms with Crippen LogP contribution in [0.15, 0.2) is 48.5 Å². The maximum Gasteiger partial charge on any atom is 0.319 e. The third-order valence-electron chi connectivity index (χ3n) is 5.09. The first kappa shape index (κ1) is 20.8. The van der Waals surface area contributed by atoms with Gasteiger partial charge in [0.25, 0.3) is 0 Å². The van der Waals surface area contributed by atoms with Crippen LogP contribution in [-0.4, -0.2) is 64.4 Å². The molecule has 1 heterocycles. The molecule has 0 aromatic heterocycles. The van der Waals surface area contributed by atoms with Crippen LogP contribution < -0.4 is 25.0 Å². The van der Waals surface area contributed by atoms with Crippen molar-refractivity contribution in [2.45, 2.75) is 6.42 Å². The summed E-state index contributed by atoms with van der Waals surface area (Å²) < 4.78 is 10.7. The van der Waals surface area contributed by atoms with Crippen molar-refractivity contribution in [2.75, 3.05) is 63.7 Å². The zero-order valence-electron chi connectivity index (χ0n) is 17.2. The van der Waals surface area contributed by atoms with Gasteiger partial charge in [-0.15, -0.1) is 0 Å². The van der Waals surface area contributed by atoms with Crippen molar-refractivity contribution in [2.24, 2.45) is 0 Å². The molecule has 1 fully saturated rings. The van der Waals surface area contributed by atoms with E-state index < -0.39 is 0 Å². The second-order valence-electron chi connectivity index (χ2n) is 6.94. The number of hydrogen-bond donors (Lipinski definition) is 2. The van der Waals surface area contributed by atoms with Crippen LogP contribution in [-0.2, 0) is 0 Å². The first-order valence-electron chi connectivity index (χ1n) is 9.99. The number of anilines is 2. The topological polar surface area (TPSA) is 66.1 Å². The van der Waals surface area contributed by atoms with Gasteiger partial charge < -0.3 is 25.0 Å².